The smallest absolute Gasteiger partial charge is 0.319 e. The number of nitrogens with zero attached hydrogens (tertiary/aromatic N) is 1. The number of carbonyl (C=O) groups is 1. The summed E-state index contributed by atoms with van der Waals surface area (Å²) in [4.78, 5) is 16.4. The first-order valence-corrected chi connectivity index (χ1v) is 7.90. The standard InChI is InChI=1S/C18H21N3O/c22-18(20-15-8-2-1-3-9-15)21-17-11-5-4-10-16(17)14-7-6-12-19-13-14/h4-7,10-13,15H,1-3,8-9H2,(H2,20,21,22). The van der Waals surface area contributed by atoms with Crippen molar-refractivity contribution in [3.63, 3.8) is 0 Å². The molecule has 4 nitrogen and oxygen atoms in total. The first-order chi connectivity index (χ1) is 10.8. The second kappa shape index (κ2) is 7.07. The van der Waals surface area contributed by atoms with Gasteiger partial charge in [-0.25, -0.2) is 4.79 Å². The number of anilines is 1. The summed E-state index contributed by atoms with van der Waals surface area (Å²) < 4.78 is 0. The molecule has 3 rings (SSSR count). The highest BCUT2D eigenvalue weighted by Crippen LogP contribution is 2.27. The van der Waals surface area contributed by atoms with E-state index in [1.165, 1.54) is 19.3 Å². The molecule has 2 N–H and O–H groups in total. The number of nitrogens with one attached hydrogen (secondary N) is 2. The largest absolute Gasteiger partial charge is 0.335 e. The summed E-state index contributed by atoms with van der Waals surface area (Å²) in [5, 5.41) is 6.06. The predicted molar refractivity (Wildman–Crippen MR) is 88.7 cm³/mol. The fourth-order valence-corrected chi connectivity index (χ4v) is 2.96. The highest BCUT2D eigenvalue weighted by Gasteiger charge is 2.16. The van der Waals surface area contributed by atoms with Gasteiger partial charge in [0.1, 0.15) is 0 Å². The number of carbonyl (C=O) groups excluding carboxylic acids is 1. The predicted octanol–water partition coefficient (Wildman–Crippen LogP) is 4.20. The van der Waals surface area contributed by atoms with E-state index in [0.29, 0.717) is 6.04 Å². The quantitative estimate of drug-likeness (QED) is 0.891. The van der Waals surface area contributed by atoms with Crippen LogP contribution in [0.2, 0.25) is 0 Å². The van der Waals surface area contributed by atoms with Crippen molar-refractivity contribution < 1.29 is 4.79 Å². The van der Waals surface area contributed by atoms with Crippen LogP contribution in [0.25, 0.3) is 11.1 Å². The van der Waals surface area contributed by atoms with E-state index >= 15 is 0 Å². The minimum Gasteiger partial charge on any atom is -0.335 e. The molecule has 1 heterocycles. The molecule has 1 aromatic carbocycles. The van der Waals surface area contributed by atoms with Gasteiger partial charge in [-0.1, -0.05) is 43.5 Å². The van der Waals surface area contributed by atoms with Gasteiger partial charge in [-0.05, 0) is 25.0 Å². The van der Waals surface area contributed by atoms with Crippen LogP contribution >= 0.6 is 0 Å². The summed E-state index contributed by atoms with van der Waals surface area (Å²) in [5.74, 6) is 0. The lowest BCUT2D eigenvalue weighted by Crippen LogP contribution is -2.39. The van der Waals surface area contributed by atoms with E-state index < -0.39 is 0 Å². The number of rotatable bonds is 3. The van der Waals surface area contributed by atoms with Gasteiger partial charge in [0, 0.05) is 29.6 Å². The zero-order valence-electron chi connectivity index (χ0n) is 12.6. The third-order valence-electron chi connectivity index (χ3n) is 4.09. The number of hydrogen-bond acceptors (Lipinski definition) is 2. The average molecular weight is 295 g/mol. The summed E-state index contributed by atoms with van der Waals surface area (Å²) >= 11 is 0. The minimum absolute atomic E-state index is 0.122. The van der Waals surface area contributed by atoms with Crippen LogP contribution in [0.4, 0.5) is 10.5 Å². The maximum absolute atomic E-state index is 12.2. The van der Waals surface area contributed by atoms with Crippen molar-refractivity contribution in [2.45, 2.75) is 38.1 Å². The lowest BCUT2D eigenvalue weighted by atomic mass is 9.96. The van der Waals surface area contributed by atoms with Gasteiger partial charge in [0.15, 0.2) is 0 Å². The van der Waals surface area contributed by atoms with Crippen LogP contribution in [-0.2, 0) is 0 Å². The highest BCUT2D eigenvalue weighted by molar-refractivity contribution is 5.94. The number of aromatic nitrogens is 1. The van der Waals surface area contributed by atoms with E-state index in [0.717, 1.165) is 29.7 Å². The van der Waals surface area contributed by atoms with E-state index in [1.54, 1.807) is 12.4 Å². The van der Waals surface area contributed by atoms with Gasteiger partial charge in [0.2, 0.25) is 0 Å². The molecule has 2 aromatic rings. The van der Waals surface area contributed by atoms with Crippen LogP contribution in [0.3, 0.4) is 0 Å². The number of amides is 2. The van der Waals surface area contributed by atoms with Crippen LogP contribution in [0.15, 0.2) is 48.8 Å². The number of pyridine rings is 1. The SMILES string of the molecule is O=C(Nc1ccccc1-c1cccnc1)NC1CCCCC1. The Balaban J connectivity index is 1.71. The van der Waals surface area contributed by atoms with Crippen LogP contribution in [0.5, 0.6) is 0 Å². The third kappa shape index (κ3) is 3.64. The molecule has 4 heteroatoms. The summed E-state index contributed by atoms with van der Waals surface area (Å²) in [7, 11) is 0. The molecule has 22 heavy (non-hydrogen) atoms. The molecule has 0 bridgehead atoms. The zero-order chi connectivity index (χ0) is 15.2. The molecule has 0 unspecified atom stereocenters. The van der Waals surface area contributed by atoms with Gasteiger partial charge in [-0.3, -0.25) is 4.98 Å². The lowest BCUT2D eigenvalue weighted by molar-refractivity contribution is 0.244. The molecule has 2 amide bonds. The van der Waals surface area contributed by atoms with E-state index in [1.807, 2.05) is 36.4 Å². The van der Waals surface area contributed by atoms with Crippen molar-refractivity contribution in [1.29, 1.82) is 0 Å². The topological polar surface area (TPSA) is 54.0 Å². The van der Waals surface area contributed by atoms with Crippen molar-refractivity contribution in [1.82, 2.24) is 10.3 Å². The molecule has 1 aliphatic rings. The number of hydrogen-bond donors (Lipinski definition) is 2. The average Bonchev–Trinajstić information content (AvgIpc) is 2.57. The number of benzene rings is 1. The first-order valence-electron chi connectivity index (χ1n) is 7.90. The number of para-hydroxylation sites is 1. The second-order valence-electron chi connectivity index (χ2n) is 5.72. The van der Waals surface area contributed by atoms with E-state index in [9.17, 15) is 4.79 Å². The van der Waals surface area contributed by atoms with Gasteiger partial charge in [-0.15, -0.1) is 0 Å². The molecule has 114 valence electrons. The Labute approximate surface area is 131 Å². The monoisotopic (exact) mass is 295 g/mol. The zero-order valence-corrected chi connectivity index (χ0v) is 12.6. The van der Waals surface area contributed by atoms with Crippen molar-refractivity contribution >= 4 is 11.7 Å². The molecule has 0 saturated heterocycles. The molecule has 1 saturated carbocycles. The van der Waals surface area contributed by atoms with Gasteiger partial charge < -0.3 is 10.6 Å². The third-order valence-corrected chi connectivity index (χ3v) is 4.09. The van der Waals surface area contributed by atoms with Gasteiger partial charge in [0.25, 0.3) is 0 Å². The highest BCUT2D eigenvalue weighted by atomic mass is 16.2. The molecule has 1 fully saturated rings. The number of urea groups is 1. The maximum atomic E-state index is 12.2. The Morgan fingerprint density at radius 3 is 2.64 bits per heavy atom. The van der Waals surface area contributed by atoms with Gasteiger partial charge >= 0.3 is 6.03 Å². The minimum atomic E-state index is -0.122. The van der Waals surface area contributed by atoms with E-state index in [4.69, 9.17) is 0 Å². The Bertz CT molecular complexity index is 621. The summed E-state index contributed by atoms with van der Waals surface area (Å²) in [6.07, 6.45) is 9.41. The van der Waals surface area contributed by atoms with Gasteiger partial charge in [0.05, 0.1) is 5.69 Å². The van der Waals surface area contributed by atoms with E-state index in [-0.39, 0.29) is 6.03 Å². The Morgan fingerprint density at radius 2 is 1.86 bits per heavy atom. The summed E-state index contributed by atoms with van der Waals surface area (Å²) in [5.41, 5.74) is 2.79. The Kier molecular flexibility index (Phi) is 4.68. The first kappa shape index (κ1) is 14.6. The fourth-order valence-electron chi connectivity index (χ4n) is 2.96. The molecule has 0 aliphatic heterocycles. The van der Waals surface area contributed by atoms with Crippen molar-refractivity contribution in [2.24, 2.45) is 0 Å². The van der Waals surface area contributed by atoms with Crippen molar-refractivity contribution in [2.75, 3.05) is 5.32 Å². The van der Waals surface area contributed by atoms with Crippen molar-refractivity contribution in [3.8, 4) is 11.1 Å². The van der Waals surface area contributed by atoms with Gasteiger partial charge in [-0.2, -0.15) is 0 Å². The normalized spacial score (nSPS) is 15.3. The second-order valence-corrected chi connectivity index (χ2v) is 5.72. The molecular weight excluding hydrogens is 274 g/mol. The Morgan fingerprint density at radius 1 is 1.05 bits per heavy atom. The van der Waals surface area contributed by atoms with Crippen LogP contribution in [-0.4, -0.2) is 17.1 Å². The molecule has 1 aliphatic carbocycles. The van der Waals surface area contributed by atoms with Crippen LogP contribution in [0.1, 0.15) is 32.1 Å². The summed E-state index contributed by atoms with van der Waals surface area (Å²) in [6.45, 7) is 0. The van der Waals surface area contributed by atoms with E-state index in [2.05, 4.69) is 15.6 Å². The van der Waals surface area contributed by atoms with Crippen molar-refractivity contribution in [3.05, 3.63) is 48.8 Å². The maximum Gasteiger partial charge on any atom is 0.319 e. The fraction of sp³-hybridized carbons (Fsp3) is 0.333. The molecule has 0 radical (unpaired) electrons. The van der Waals surface area contributed by atoms with Crippen LogP contribution in [0, 0.1) is 0 Å². The molecular formula is C18H21N3O. The molecule has 1 aromatic heterocycles. The molecule has 0 atom stereocenters. The molecule has 0 spiro atoms. The Hall–Kier alpha value is -2.36. The summed E-state index contributed by atoms with van der Waals surface area (Å²) in [6, 6.07) is 11.9. The lowest BCUT2D eigenvalue weighted by Gasteiger charge is -2.23. The van der Waals surface area contributed by atoms with Crippen LogP contribution < -0.4 is 10.6 Å².